The van der Waals surface area contributed by atoms with Gasteiger partial charge in [-0.1, -0.05) is 12.8 Å². The molecule has 1 amide bonds. The molecule has 0 N–H and O–H groups in total. The van der Waals surface area contributed by atoms with Crippen LogP contribution in [0.1, 0.15) is 25.7 Å². The van der Waals surface area contributed by atoms with Crippen molar-refractivity contribution in [2.24, 2.45) is 5.92 Å². The molecule has 13 heavy (non-hydrogen) atoms. The molecule has 0 aromatic heterocycles. The van der Waals surface area contributed by atoms with E-state index in [1.54, 1.807) is 0 Å². The Morgan fingerprint density at radius 3 is 2.69 bits per heavy atom. The molecule has 0 bridgehead atoms. The summed E-state index contributed by atoms with van der Waals surface area (Å²) in [5.74, 6) is 0.653. The van der Waals surface area contributed by atoms with Crippen LogP contribution in [0.5, 0.6) is 0 Å². The van der Waals surface area contributed by atoms with Crippen LogP contribution in [0, 0.1) is 5.92 Å². The summed E-state index contributed by atoms with van der Waals surface area (Å²) < 4.78 is 0. The van der Waals surface area contributed by atoms with Gasteiger partial charge in [0.25, 0.3) is 0 Å². The molecule has 2 rings (SSSR count). The quantitative estimate of drug-likeness (QED) is 0.556. The van der Waals surface area contributed by atoms with E-state index in [1.165, 1.54) is 19.3 Å². The fourth-order valence-corrected chi connectivity index (χ4v) is 2.72. The second-order valence-corrected chi connectivity index (χ2v) is 4.39. The summed E-state index contributed by atoms with van der Waals surface area (Å²) in [5, 5.41) is 0. The van der Waals surface area contributed by atoms with Crippen LogP contribution in [0.2, 0.25) is 0 Å². The summed E-state index contributed by atoms with van der Waals surface area (Å²) in [5.41, 5.74) is 0. The number of hydrogen-bond donors (Lipinski definition) is 0. The molecule has 0 aromatic carbocycles. The highest BCUT2D eigenvalue weighted by Gasteiger charge is 2.39. The number of nitrogens with zero attached hydrogens (tertiary/aromatic N) is 2. The van der Waals surface area contributed by atoms with Crippen molar-refractivity contribution in [1.29, 1.82) is 0 Å². The molecule has 1 heterocycles. The first-order valence-corrected chi connectivity index (χ1v) is 5.15. The Morgan fingerprint density at radius 2 is 1.92 bits per heavy atom. The van der Waals surface area contributed by atoms with Gasteiger partial charge in [-0.05, 0) is 19.9 Å². The lowest BCUT2D eigenvalue weighted by Crippen LogP contribution is -2.56. The minimum absolute atomic E-state index is 0.289. The first-order valence-electron chi connectivity index (χ1n) is 5.15. The maximum Gasteiger partial charge on any atom is 0.228 e. The molecule has 1 aliphatic carbocycles. The number of hydrogen-bond acceptors (Lipinski definition) is 2. The fourth-order valence-electron chi connectivity index (χ4n) is 2.72. The molecule has 3 nitrogen and oxygen atoms in total. The highest BCUT2D eigenvalue weighted by molar-refractivity contribution is 5.80. The van der Waals surface area contributed by atoms with Gasteiger partial charge in [-0.25, -0.2) is 0 Å². The average molecular weight is 182 g/mol. The van der Waals surface area contributed by atoms with Crippen molar-refractivity contribution in [1.82, 2.24) is 9.80 Å². The zero-order valence-corrected chi connectivity index (χ0v) is 8.49. The van der Waals surface area contributed by atoms with Crippen molar-refractivity contribution in [3.05, 3.63) is 0 Å². The van der Waals surface area contributed by atoms with E-state index in [9.17, 15) is 4.79 Å². The monoisotopic (exact) mass is 182 g/mol. The van der Waals surface area contributed by atoms with Gasteiger partial charge >= 0.3 is 0 Å². The summed E-state index contributed by atoms with van der Waals surface area (Å²) >= 11 is 0. The van der Waals surface area contributed by atoms with E-state index in [4.69, 9.17) is 0 Å². The minimum Gasteiger partial charge on any atom is -0.332 e. The van der Waals surface area contributed by atoms with Crippen LogP contribution in [-0.4, -0.2) is 42.5 Å². The molecule has 1 aliphatic heterocycles. The number of fused-ring (bicyclic) bond motifs is 1. The van der Waals surface area contributed by atoms with Gasteiger partial charge in [0, 0.05) is 13.1 Å². The fraction of sp³-hybridized carbons (Fsp3) is 0.900. The summed E-state index contributed by atoms with van der Waals surface area (Å²) in [6.45, 7) is 0.806. The highest BCUT2D eigenvalue weighted by atomic mass is 16.2. The van der Waals surface area contributed by atoms with Crippen molar-refractivity contribution in [2.75, 3.05) is 20.8 Å². The average Bonchev–Trinajstić information content (AvgIpc) is 2.15. The molecule has 1 saturated heterocycles. The Balaban J connectivity index is 2.15. The second kappa shape index (κ2) is 3.29. The predicted molar refractivity (Wildman–Crippen MR) is 51.1 cm³/mol. The van der Waals surface area contributed by atoms with Crippen molar-refractivity contribution in [3.63, 3.8) is 0 Å². The smallest absolute Gasteiger partial charge is 0.228 e. The highest BCUT2D eigenvalue weighted by Crippen LogP contribution is 2.31. The molecule has 0 unspecified atom stereocenters. The third-order valence-corrected chi connectivity index (χ3v) is 3.42. The molecular weight excluding hydrogens is 164 g/mol. The summed E-state index contributed by atoms with van der Waals surface area (Å²) in [7, 11) is 4.04. The molecular formula is C10H18N2O. The molecule has 1 saturated carbocycles. The summed E-state index contributed by atoms with van der Waals surface area (Å²) in [6, 6.07) is 0.525. The Bertz CT molecular complexity index is 217. The largest absolute Gasteiger partial charge is 0.332 e. The van der Waals surface area contributed by atoms with Crippen LogP contribution in [0.3, 0.4) is 0 Å². The van der Waals surface area contributed by atoms with Gasteiger partial charge in [0.1, 0.15) is 0 Å². The molecule has 2 atom stereocenters. The van der Waals surface area contributed by atoms with Gasteiger partial charge in [-0.2, -0.15) is 0 Å². The maximum absolute atomic E-state index is 11.8. The van der Waals surface area contributed by atoms with Crippen molar-refractivity contribution in [2.45, 2.75) is 31.7 Å². The van der Waals surface area contributed by atoms with Gasteiger partial charge in [0.05, 0.1) is 12.6 Å². The van der Waals surface area contributed by atoms with E-state index in [0.29, 0.717) is 11.9 Å². The van der Waals surface area contributed by atoms with Gasteiger partial charge in [-0.15, -0.1) is 0 Å². The number of amides is 1. The Morgan fingerprint density at radius 1 is 1.23 bits per heavy atom. The Kier molecular flexibility index (Phi) is 2.28. The van der Waals surface area contributed by atoms with E-state index in [-0.39, 0.29) is 5.92 Å². The van der Waals surface area contributed by atoms with E-state index in [2.05, 4.69) is 11.9 Å². The Hall–Kier alpha value is -0.570. The lowest BCUT2D eigenvalue weighted by molar-refractivity contribution is -0.147. The number of carbonyl (C=O) groups excluding carboxylic acids is 1. The molecule has 3 heteroatoms. The molecule has 2 aliphatic rings. The van der Waals surface area contributed by atoms with E-state index in [0.717, 1.165) is 13.1 Å². The van der Waals surface area contributed by atoms with E-state index in [1.807, 2.05) is 11.9 Å². The maximum atomic E-state index is 11.8. The van der Waals surface area contributed by atoms with Gasteiger partial charge in [0.2, 0.25) is 5.91 Å². The van der Waals surface area contributed by atoms with Crippen molar-refractivity contribution in [3.8, 4) is 0 Å². The van der Waals surface area contributed by atoms with Crippen molar-refractivity contribution >= 4 is 5.91 Å². The predicted octanol–water partition coefficient (Wildman–Crippen LogP) is 0.906. The van der Waals surface area contributed by atoms with Gasteiger partial charge in [-0.3, -0.25) is 9.69 Å². The Labute approximate surface area is 79.7 Å². The van der Waals surface area contributed by atoms with Crippen LogP contribution >= 0.6 is 0 Å². The van der Waals surface area contributed by atoms with Crippen LogP contribution < -0.4 is 0 Å². The minimum atomic E-state index is 0.289. The van der Waals surface area contributed by atoms with Crippen molar-refractivity contribution < 1.29 is 4.79 Å². The molecule has 0 aromatic rings. The topological polar surface area (TPSA) is 23.6 Å². The summed E-state index contributed by atoms with van der Waals surface area (Å²) in [6.07, 6.45) is 4.83. The SMILES string of the molecule is CN1CN(C)[C@@H]2CCCC[C@@H]2C1=O. The number of carbonyl (C=O) groups is 1. The first-order chi connectivity index (χ1) is 6.20. The van der Waals surface area contributed by atoms with E-state index >= 15 is 0 Å². The standard InChI is InChI=1S/C10H18N2O/c1-11-7-12(2)10(13)8-5-3-4-6-9(8)11/h8-9H,3-7H2,1-2H3/t8-,9+/m0/s1. The lowest BCUT2D eigenvalue weighted by atomic mass is 9.82. The van der Waals surface area contributed by atoms with Crippen LogP contribution in [0.4, 0.5) is 0 Å². The van der Waals surface area contributed by atoms with Crippen LogP contribution in [-0.2, 0) is 4.79 Å². The second-order valence-electron chi connectivity index (χ2n) is 4.39. The number of rotatable bonds is 0. The molecule has 0 spiro atoms. The molecule has 2 fully saturated rings. The van der Waals surface area contributed by atoms with Crippen LogP contribution in [0.25, 0.3) is 0 Å². The summed E-state index contributed by atoms with van der Waals surface area (Å²) in [4.78, 5) is 16.0. The normalized spacial score (nSPS) is 36.2. The van der Waals surface area contributed by atoms with Gasteiger partial charge < -0.3 is 4.90 Å². The first kappa shape index (κ1) is 9.00. The lowest BCUT2D eigenvalue weighted by Gasteiger charge is -2.45. The van der Waals surface area contributed by atoms with Gasteiger partial charge in [0.15, 0.2) is 0 Å². The molecule has 0 radical (unpaired) electrons. The molecule has 74 valence electrons. The third-order valence-electron chi connectivity index (χ3n) is 3.42. The zero-order valence-electron chi connectivity index (χ0n) is 8.49. The van der Waals surface area contributed by atoms with E-state index < -0.39 is 0 Å². The zero-order chi connectivity index (χ0) is 9.42. The van der Waals surface area contributed by atoms with Crippen LogP contribution in [0.15, 0.2) is 0 Å². The third kappa shape index (κ3) is 1.46.